The van der Waals surface area contributed by atoms with Gasteiger partial charge >= 0.3 is 0 Å². The maximum Gasteiger partial charge on any atom is 0.194 e. The van der Waals surface area contributed by atoms with E-state index in [2.05, 4.69) is 10.3 Å². The molecule has 1 unspecified atom stereocenters. The summed E-state index contributed by atoms with van der Waals surface area (Å²) in [5, 5.41) is 15.0. The SMILES string of the molecule is CCNC(=NCC(O)CS(=O)(=O)c1cccs1)N(C)Cc1ccc(Cl)s1.I. The van der Waals surface area contributed by atoms with Gasteiger partial charge in [-0.2, -0.15) is 0 Å². The summed E-state index contributed by atoms with van der Waals surface area (Å²) in [4.78, 5) is 7.37. The summed E-state index contributed by atoms with van der Waals surface area (Å²) in [6, 6.07) is 7.02. The standard InChI is InChI=1S/C16H22ClN3O3S3.HI/c1-3-18-16(20(2)10-13-6-7-14(17)25-13)19-9-12(21)11-26(22,23)15-5-4-8-24-15;/h4-8,12,21H,3,9-11H2,1-2H3,(H,18,19);1H. The molecule has 0 amide bonds. The van der Waals surface area contributed by atoms with E-state index in [4.69, 9.17) is 11.6 Å². The van der Waals surface area contributed by atoms with Gasteiger partial charge in [-0.15, -0.1) is 46.7 Å². The van der Waals surface area contributed by atoms with Crippen LogP contribution < -0.4 is 5.32 Å². The molecule has 6 nitrogen and oxygen atoms in total. The Bertz CT molecular complexity index is 825. The molecule has 0 fully saturated rings. The molecule has 11 heteroatoms. The number of aliphatic imine (C=N–C) groups is 1. The lowest BCUT2D eigenvalue weighted by Gasteiger charge is -2.22. The molecule has 0 saturated heterocycles. The number of rotatable bonds is 8. The van der Waals surface area contributed by atoms with Crippen LogP contribution in [0.1, 0.15) is 11.8 Å². The van der Waals surface area contributed by atoms with E-state index in [-0.39, 0.29) is 40.5 Å². The molecule has 0 bridgehead atoms. The van der Waals surface area contributed by atoms with Crippen molar-refractivity contribution in [2.75, 3.05) is 25.9 Å². The van der Waals surface area contributed by atoms with Crippen LogP contribution in [-0.2, 0) is 16.4 Å². The van der Waals surface area contributed by atoms with Crippen molar-refractivity contribution in [3.05, 3.63) is 38.9 Å². The minimum absolute atomic E-state index is 0. The van der Waals surface area contributed by atoms with Crippen LogP contribution in [0, 0.1) is 0 Å². The van der Waals surface area contributed by atoms with Crippen molar-refractivity contribution in [3.63, 3.8) is 0 Å². The third kappa shape index (κ3) is 7.86. The van der Waals surface area contributed by atoms with Gasteiger partial charge in [0, 0.05) is 18.5 Å². The Morgan fingerprint density at radius 1 is 1.41 bits per heavy atom. The fourth-order valence-electron chi connectivity index (χ4n) is 2.24. The zero-order valence-corrected chi connectivity index (χ0v) is 20.5. The van der Waals surface area contributed by atoms with Gasteiger partial charge in [0.25, 0.3) is 0 Å². The van der Waals surface area contributed by atoms with E-state index in [0.29, 0.717) is 19.0 Å². The van der Waals surface area contributed by atoms with Crippen LogP contribution in [0.5, 0.6) is 0 Å². The second kappa shape index (κ2) is 11.6. The number of aliphatic hydroxyl groups excluding tert-OH is 1. The second-order valence-electron chi connectivity index (χ2n) is 5.62. The highest BCUT2D eigenvalue weighted by Gasteiger charge is 2.21. The highest BCUT2D eigenvalue weighted by atomic mass is 127. The van der Waals surface area contributed by atoms with Crippen molar-refractivity contribution in [1.29, 1.82) is 0 Å². The number of sulfone groups is 1. The van der Waals surface area contributed by atoms with Gasteiger partial charge in [-0.3, -0.25) is 4.99 Å². The second-order valence-corrected chi connectivity index (χ2v) is 10.6. The molecule has 0 aliphatic rings. The van der Waals surface area contributed by atoms with Crippen LogP contribution in [0.2, 0.25) is 4.34 Å². The smallest absolute Gasteiger partial charge is 0.194 e. The maximum atomic E-state index is 12.2. The lowest BCUT2D eigenvalue weighted by atomic mass is 10.4. The number of aliphatic hydroxyl groups is 1. The fraction of sp³-hybridized carbons (Fsp3) is 0.438. The Balaban J connectivity index is 0.00000364. The first kappa shape index (κ1) is 24.6. The predicted octanol–water partition coefficient (Wildman–Crippen LogP) is 3.31. The van der Waals surface area contributed by atoms with Crippen molar-refractivity contribution < 1.29 is 13.5 Å². The minimum atomic E-state index is -3.49. The minimum Gasteiger partial charge on any atom is -0.390 e. The Labute approximate surface area is 190 Å². The number of nitrogens with one attached hydrogen (secondary N) is 1. The summed E-state index contributed by atoms with van der Waals surface area (Å²) in [6.07, 6.45) is -1.07. The molecule has 2 aromatic heterocycles. The van der Waals surface area contributed by atoms with Crippen molar-refractivity contribution >= 4 is 74.0 Å². The summed E-state index contributed by atoms with van der Waals surface area (Å²) in [5.74, 6) is 0.255. The molecule has 27 heavy (non-hydrogen) atoms. The van der Waals surface area contributed by atoms with Crippen molar-refractivity contribution in [3.8, 4) is 0 Å². The first-order valence-corrected chi connectivity index (χ1v) is 11.7. The highest BCUT2D eigenvalue weighted by Crippen LogP contribution is 2.22. The summed E-state index contributed by atoms with van der Waals surface area (Å²) >= 11 is 8.60. The van der Waals surface area contributed by atoms with Gasteiger partial charge in [-0.1, -0.05) is 17.7 Å². The first-order chi connectivity index (χ1) is 12.3. The molecule has 0 spiro atoms. The normalized spacial score (nSPS) is 13.1. The van der Waals surface area contributed by atoms with Crippen LogP contribution in [0.15, 0.2) is 38.8 Å². The lowest BCUT2D eigenvalue weighted by molar-refractivity contribution is 0.205. The molecule has 152 valence electrons. The predicted molar refractivity (Wildman–Crippen MR) is 125 cm³/mol. The van der Waals surface area contributed by atoms with Crippen molar-refractivity contribution in [2.24, 2.45) is 4.99 Å². The van der Waals surface area contributed by atoms with Crippen molar-refractivity contribution in [2.45, 2.75) is 23.8 Å². The van der Waals surface area contributed by atoms with E-state index in [1.165, 1.54) is 11.3 Å². The zero-order chi connectivity index (χ0) is 19.2. The van der Waals surface area contributed by atoms with E-state index >= 15 is 0 Å². The Hall–Kier alpha value is -0.400. The van der Waals surface area contributed by atoms with Crippen LogP contribution in [0.25, 0.3) is 0 Å². The molecule has 2 N–H and O–H groups in total. The third-order valence-corrected chi connectivity index (χ3v) is 7.88. The average Bonchev–Trinajstić information content (AvgIpc) is 3.23. The molecule has 0 saturated carbocycles. The largest absolute Gasteiger partial charge is 0.390 e. The van der Waals surface area contributed by atoms with Crippen LogP contribution >= 0.6 is 58.3 Å². The monoisotopic (exact) mass is 563 g/mol. The number of halogens is 2. The number of nitrogens with zero attached hydrogens (tertiary/aromatic N) is 2. The molecule has 2 heterocycles. The summed E-state index contributed by atoms with van der Waals surface area (Å²) < 4.78 is 25.4. The van der Waals surface area contributed by atoms with Crippen molar-refractivity contribution in [1.82, 2.24) is 10.2 Å². The number of hydrogen-bond donors (Lipinski definition) is 2. The van der Waals surface area contributed by atoms with Gasteiger partial charge in [0.15, 0.2) is 15.8 Å². The van der Waals surface area contributed by atoms with E-state index in [0.717, 1.165) is 20.6 Å². The molecular formula is C16H23ClIN3O3S3. The zero-order valence-electron chi connectivity index (χ0n) is 15.0. The summed E-state index contributed by atoms with van der Waals surface area (Å²) in [6.45, 7) is 3.23. The van der Waals surface area contributed by atoms with E-state index in [1.807, 2.05) is 31.0 Å². The van der Waals surface area contributed by atoms with E-state index < -0.39 is 15.9 Å². The Morgan fingerprint density at radius 3 is 2.70 bits per heavy atom. The van der Waals surface area contributed by atoms with Crippen LogP contribution in [-0.4, -0.2) is 56.4 Å². The number of guanidine groups is 1. The van der Waals surface area contributed by atoms with Crippen LogP contribution in [0.4, 0.5) is 0 Å². The molecular weight excluding hydrogens is 541 g/mol. The van der Waals surface area contributed by atoms with Gasteiger partial charge in [0.2, 0.25) is 0 Å². The first-order valence-electron chi connectivity index (χ1n) is 8.00. The number of thiophene rings is 2. The van der Waals surface area contributed by atoms with E-state index in [1.54, 1.807) is 17.5 Å². The molecule has 0 aliphatic heterocycles. The van der Waals surface area contributed by atoms with Gasteiger partial charge in [-0.25, -0.2) is 8.42 Å². The molecule has 1 atom stereocenters. The van der Waals surface area contributed by atoms with Gasteiger partial charge in [0.05, 0.1) is 29.3 Å². The maximum absolute atomic E-state index is 12.2. The molecule has 2 rings (SSSR count). The molecule has 0 radical (unpaired) electrons. The van der Waals surface area contributed by atoms with Gasteiger partial charge in [-0.05, 0) is 30.5 Å². The summed E-state index contributed by atoms with van der Waals surface area (Å²) in [7, 11) is -1.61. The lowest BCUT2D eigenvalue weighted by Crippen LogP contribution is -2.39. The Kier molecular flexibility index (Phi) is 10.6. The quantitative estimate of drug-likeness (QED) is 0.293. The topological polar surface area (TPSA) is 82.0 Å². The third-order valence-electron chi connectivity index (χ3n) is 3.38. The summed E-state index contributed by atoms with van der Waals surface area (Å²) in [5.41, 5.74) is 0. The fourth-order valence-corrected chi connectivity index (χ4v) is 5.84. The highest BCUT2D eigenvalue weighted by molar-refractivity contribution is 14.0. The van der Waals surface area contributed by atoms with Gasteiger partial charge < -0.3 is 15.3 Å². The Morgan fingerprint density at radius 2 is 2.15 bits per heavy atom. The number of hydrogen-bond acceptors (Lipinski definition) is 6. The van der Waals surface area contributed by atoms with Crippen LogP contribution in [0.3, 0.4) is 0 Å². The van der Waals surface area contributed by atoms with Gasteiger partial charge in [0.1, 0.15) is 4.21 Å². The molecule has 0 aliphatic carbocycles. The molecule has 2 aromatic rings. The molecule has 0 aromatic carbocycles. The van der Waals surface area contributed by atoms with E-state index in [9.17, 15) is 13.5 Å². The average molecular weight is 564 g/mol.